The summed E-state index contributed by atoms with van der Waals surface area (Å²) >= 11 is 5.60. The van der Waals surface area contributed by atoms with Crippen molar-refractivity contribution in [2.75, 3.05) is 0 Å². The molecule has 14 heavy (non-hydrogen) atoms. The molecule has 2 N–H and O–H groups in total. The molecule has 1 rings (SSSR count). The molecule has 1 amide bonds. The Labute approximate surface area is 85.3 Å². The zero-order valence-electron chi connectivity index (χ0n) is 7.03. The van der Waals surface area contributed by atoms with E-state index in [2.05, 4.69) is 0 Å². The number of aliphatic carboxylic acids is 1. The molecule has 1 aromatic carbocycles. The fourth-order valence-electron chi connectivity index (χ4n) is 1.06. The minimum atomic E-state index is -1.42. The Morgan fingerprint density at radius 3 is 2.14 bits per heavy atom. The normalized spacial score (nSPS) is 12.1. The van der Waals surface area contributed by atoms with Gasteiger partial charge in [-0.2, -0.15) is 0 Å². The first-order valence-corrected chi connectivity index (χ1v) is 4.14. The molecule has 0 bridgehead atoms. The molecule has 0 heterocycles. The van der Waals surface area contributed by atoms with Crippen molar-refractivity contribution in [3.63, 3.8) is 0 Å². The molecule has 0 saturated heterocycles. The Bertz CT molecular complexity index is 347. The lowest BCUT2D eigenvalue weighted by Crippen LogP contribution is -2.22. The van der Waals surface area contributed by atoms with Crippen molar-refractivity contribution < 1.29 is 14.7 Å². The molecular weight excluding hydrogens is 206 g/mol. The summed E-state index contributed by atoms with van der Waals surface area (Å²) < 4.78 is 0. The molecule has 1 radical (unpaired) electrons. The first-order chi connectivity index (χ1) is 6.52. The number of halogens is 1. The van der Waals surface area contributed by atoms with Gasteiger partial charge in [-0.3, -0.25) is 15.3 Å². The minimum Gasteiger partial charge on any atom is -0.480 e. The molecule has 0 spiro atoms. The highest BCUT2D eigenvalue weighted by Gasteiger charge is 2.26. The lowest BCUT2D eigenvalue weighted by molar-refractivity contribution is -0.142. The van der Waals surface area contributed by atoms with Crippen molar-refractivity contribution in [2.45, 2.75) is 5.92 Å². The largest absolute Gasteiger partial charge is 0.480 e. The molecule has 1 atom stereocenters. The lowest BCUT2D eigenvalue weighted by Gasteiger charge is -2.07. The van der Waals surface area contributed by atoms with Crippen molar-refractivity contribution in [1.29, 1.82) is 0 Å². The van der Waals surface area contributed by atoms with Crippen LogP contribution in [0.3, 0.4) is 0 Å². The van der Waals surface area contributed by atoms with Gasteiger partial charge in [0.2, 0.25) is 0 Å². The zero-order valence-corrected chi connectivity index (χ0v) is 7.78. The molecule has 5 heteroatoms. The second-order valence-corrected chi connectivity index (χ2v) is 3.12. The standard InChI is InChI=1S/C9H7ClNO3/c10-6-3-1-5(2-4-6)7(8(11)12)9(13)14/h1-4,7,11H,(H,13,14). The zero-order chi connectivity index (χ0) is 10.7. The number of benzene rings is 1. The summed E-state index contributed by atoms with van der Waals surface area (Å²) in [5.41, 5.74) is 7.07. The molecule has 0 aliphatic carbocycles. The first-order valence-electron chi connectivity index (χ1n) is 3.76. The van der Waals surface area contributed by atoms with Gasteiger partial charge in [0.15, 0.2) is 5.92 Å². The maximum Gasteiger partial charge on any atom is 0.320 e. The van der Waals surface area contributed by atoms with E-state index >= 15 is 0 Å². The van der Waals surface area contributed by atoms with Crippen LogP contribution >= 0.6 is 11.6 Å². The molecule has 0 aliphatic rings. The van der Waals surface area contributed by atoms with E-state index in [1.54, 1.807) is 0 Å². The Hall–Kier alpha value is -1.55. The maximum absolute atomic E-state index is 10.7. The summed E-state index contributed by atoms with van der Waals surface area (Å²) in [7, 11) is 0. The Balaban J connectivity index is 3.06. The van der Waals surface area contributed by atoms with Gasteiger partial charge in [0.05, 0.1) is 0 Å². The van der Waals surface area contributed by atoms with Gasteiger partial charge in [-0.25, -0.2) is 0 Å². The Kier molecular flexibility index (Phi) is 3.09. The fraction of sp³-hybridized carbons (Fsp3) is 0.111. The molecule has 0 aliphatic heterocycles. The number of carbonyl (C=O) groups is 2. The van der Waals surface area contributed by atoms with Gasteiger partial charge >= 0.3 is 5.97 Å². The number of rotatable bonds is 3. The number of hydrogen-bond acceptors (Lipinski definition) is 2. The molecule has 0 fully saturated rings. The van der Waals surface area contributed by atoms with Crippen LogP contribution in [-0.2, 0) is 9.59 Å². The van der Waals surface area contributed by atoms with Crippen LogP contribution in [0.4, 0.5) is 0 Å². The van der Waals surface area contributed by atoms with Crippen molar-refractivity contribution in [3.05, 3.63) is 34.9 Å². The van der Waals surface area contributed by atoms with Crippen molar-refractivity contribution in [2.24, 2.45) is 0 Å². The molecule has 1 unspecified atom stereocenters. The van der Waals surface area contributed by atoms with Crippen molar-refractivity contribution in [3.8, 4) is 0 Å². The molecule has 0 saturated carbocycles. The highest BCUT2D eigenvalue weighted by atomic mass is 35.5. The van der Waals surface area contributed by atoms with E-state index in [4.69, 9.17) is 22.4 Å². The third-order valence-corrected chi connectivity index (χ3v) is 1.96. The van der Waals surface area contributed by atoms with Gasteiger partial charge in [0.25, 0.3) is 5.91 Å². The van der Waals surface area contributed by atoms with Crippen LogP contribution in [-0.4, -0.2) is 17.0 Å². The topological polar surface area (TPSA) is 78.2 Å². The Morgan fingerprint density at radius 1 is 1.29 bits per heavy atom. The van der Waals surface area contributed by atoms with Crippen LogP contribution in [0, 0.1) is 0 Å². The highest BCUT2D eigenvalue weighted by molar-refractivity contribution is 6.30. The number of carboxylic acid groups (broad SMARTS) is 1. The lowest BCUT2D eigenvalue weighted by atomic mass is 9.99. The summed E-state index contributed by atoms with van der Waals surface area (Å²) in [4.78, 5) is 21.4. The monoisotopic (exact) mass is 212 g/mol. The molecule has 1 aromatic rings. The minimum absolute atomic E-state index is 0.266. The smallest absolute Gasteiger partial charge is 0.320 e. The van der Waals surface area contributed by atoms with Gasteiger partial charge in [-0.1, -0.05) is 23.7 Å². The number of carboxylic acids is 1. The first kappa shape index (κ1) is 10.5. The van der Waals surface area contributed by atoms with Crippen molar-refractivity contribution >= 4 is 23.5 Å². The van der Waals surface area contributed by atoms with E-state index in [1.165, 1.54) is 24.3 Å². The second-order valence-electron chi connectivity index (χ2n) is 2.69. The molecule has 4 nitrogen and oxygen atoms in total. The van der Waals surface area contributed by atoms with Gasteiger partial charge in [0.1, 0.15) is 0 Å². The fourth-order valence-corrected chi connectivity index (χ4v) is 1.19. The summed E-state index contributed by atoms with van der Waals surface area (Å²) in [5.74, 6) is -3.89. The van der Waals surface area contributed by atoms with E-state index in [-0.39, 0.29) is 5.56 Å². The van der Waals surface area contributed by atoms with Crippen molar-refractivity contribution in [1.82, 2.24) is 5.73 Å². The van der Waals surface area contributed by atoms with Crippen LogP contribution in [0.1, 0.15) is 11.5 Å². The second kappa shape index (κ2) is 4.11. The summed E-state index contributed by atoms with van der Waals surface area (Å²) in [6.07, 6.45) is 0. The summed E-state index contributed by atoms with van der Waals surface area (Å²) in [5, 5.41) is 9.15. The molecule has 73 valence electrons. The van der Waals surface area contributed by atoms with Gasteiger partial charge in [0, 0.05) is 5.02 Å². The predicted molar refractivity (Wildman–Crippen MR) is 49.9 cm³/mol. The number of nitrogens with one attached hydrogen (secondary N) is 1. The van der Waals surface area contributed by atoms with Crippen LogP contribution < -0.4 is 5.73 Å². The third kappa shape index (κ3) is 2.23. The molecular formula is C9H7ClNO3. The molecule has 0 aromatic heterocycles. The average molecular weight is 213 g/mol. The maximum atomic E-state index is 10.7. The third-order valence-electron chi connectivity index (χ3n) is 1.71. The van der Waals surface area contributed by atoms with E-state index < -0.39 is 17.8 Å². The highest BCUT2D eigenvalue weighted by Crippen LogP contribution is 2.18. The van der Waals surface area contributed by atoms with E-state index in [0.29, 0.717) is 5.02 Å². The predicted octanol–water partition coefficient (Wildman–Crippen LogP) is 1.32. The van der Waals surface area contributed by atoms with Gasteiger partial charge in [-0.05, 0) is 17.7 Å². The van der Waals surface area contributed by atoms with Crippen LogP contribution in [0.5, 0.6) is 0 Å². The van der Waals surface area contributed by atoms with Gasteiger partial charge in [-0.15, -0.1) is 0 Å². The van der Waals surface area contributed by atoms with Crippen LogP contribution in [0.25, 0.3) is 0 Å². The van der Waals surface area contributed by atoms with E-state index in [1.807, 2.05) is 0 Å². The summed E-state index contributed by atoms with van der Waals surface area (Å²) in [6, 6.07) is 5.81. The Morgan fingerprint density at radius 2 is 1.79 bits per heavy atom. The number of hydrogen-bond donors (Lipinski definition) is 1. The average Bonchev–Trinajstić information content (AvgIpc) is 2.07. The van der Waals surface area contributed by atoms with Gasteiger partial charge < -0.3 is 5.11 Å². The quantitative estimate of drug-likeness (QED) is 0.768. The summed E-state index contributed by atoms with van der Waals surface area (Å²) in [6.45, 7) is 0. The number of carbonyl (C=O) groups excluding carboxylic acids is 1. The van der Waals surface area contributed by atoms with Crippen LogP contribution in [0.2, 0.25) is 5.02 Å². The van der Waals surface area contributed by atoms with E-state index in [9.17, 15) is 9.59 Å². The van der Waals surface area contributed by atoms with E-state index in [0.717, 1.165) is 0 Å². The van der Waals surface area contributed by atoms with Crippen LogP contribution in [0.15, 0.2) is 24.3 Å². The number of amides is 1. The SMILES string of the molecule is [NH]C(=O)C(C(=O)O)c1ccc(Cl)cc1.